The van der Waals surface area contributed by atoms with Crippen LogP contribution in [0.25, 0.3) is 11.3 Å². The molecule has 31 heavy (non-hydrogen) atoms. The highest BCUT2D eigenvalue weighted by Crippen LogP contribution is 2.49. The number of rotatable bonds is 5. The molecule has 4 aliphatic rings. The smallest absolute Gasteiger partial charge is 0.284 e. The van der Waals surface area contributed by atoms with Crippen LogP contribution < -0.4 is 4.74 Å². The van der Waals surface area contributed by atoms with Gasteiger partial charge in [-0.15, -0.1) is 0 Å². The van der Waals surface area contributed by atoms with Gasteiger partial charge in [0.05, 0.1) is 41.7 Å². The predicted molar refractivity (Wildman–Crippen MR) is 109 cm³/mol. The van der Waals surface area contributed by atoms with Crippen molar-refractivity contribution < 1.29 is 23.7 Å². The summed E-state index contributed by atoms with van der Waals surface area (Å²) in [4.78, 5) is 36.5. The molecule has 6 rings (SSSR count). The summed E-state index contributed by atoms with van der Waals surface area (Å²) in [5, 5.41) is 16.5. The monoisotopic (exact) mass is 421 g/mol. The fourth-order valence-corrected chi connectivity index (χ4v) is 4.85. The van der Waals surface area contributed by atoms with Crippen molar-refractivity contribution in [3.63, 3.8) is 0 Å². The molecule has 158 valence electrons. The summed E-state index contributed by atoms with van der Waals surface area (Å²) in [5.74, 6) is -0.118. The molecule has 2 bridgehead atoms. The van der Waals surface area contributed by atoms with E-state index in [1.54, 1.807) is 18.2 Å². The number of fused-ring (bicyclic) bond motifs is 1. The Balaban J connectivity index is 1.39. The first-order valence-corrected chi connectivity index (χ1v) is 10.0. The van der Waals surface area contributed by atoms with Crippen LogP contribution in [-0.2, 0) is 9.59 Å². The van der Waals surface area contributed by atoms with Crippen LogP contribution in [0.2, 0.25) is 0 Å². The number of carbonyl (C=O) groups is 2. The molecule has 0 unspecified atom stereocenters. The van der Waals surface area contributed by atoms with Crippen LogP contribution >= 0.6 is 0 Å². The summed E-state index contributed by atoms with van der Waals surface area (Å²) >= 11 is 0. The molecule has 1 aromatic heterocycles. The fourth-order valence-electron chi connectivity index (χ4n) is 4.85. The van der Waals surface area contributed by atoms with E-state index in [0.29, 0.717) is 5.75 Å². The Morgan fingerprint density at radius 1 is 1.13 bits per heavy atom. The van der Waals surface area contributed by atoms with Gasteiger partial charge >= 0.3 is 0 Å². The van der Waals surface area contributed by atoms with Gasteiger partial charge in [-0.25, -0.2) is 0 Å². The number of nitrogens with zero attached hydrogens (tertiary/aromatic N) is 3. The molecule has 0 radical (unpaired) electrons. The van der Waals surface area contributed by atoms with Crippen LogP contribution in [0.15, 0.2) is 52.0 Å². The predicted octanol–water partition coefficient (Wildman–Crippen LogP) is 3.39. The number of methoxy groups -OCH3 is 1. The molecular weight excluding hydrogens is 402 g/mol. The number of amides is 2. The number of hydrazone groups is 1. The van der Waals surface area contributed by atoms with Gasteiger partial charge in [0.1, 0.15) is 17.3 Å². The molecule has 4 atom stereocenters. The number of hydrogen-bond donors (Lipinski definition) is 0. The fraction of sp³-hybridized carbons (Fsp3) is 0.318. The zero-order chi connectivity index (χ0) is 21.7. The Hall–Kier alpha value is -3.75. The average molecular weight is 421 g/mol. The molecule has 9 heteroatoms. The maximum absolute atomic E-state index is 12.8. The van der Waals surface area contributed by atoms with Crippen LogP contribution in [0.1, 0.15) is 18.6 Å². The molecule has 3 aliphatic carbocycles. The minimum absolute atomic E-state index is 0.0949. The van der Waals surface area contributed by atoms with Gasteiger partial charge in [0.2, 0.25) is 0 Å². The second-order valence-corrected chi connectivity index (χ2v) is 7.92. The molecule has 1 saturated heterocycles. The molecule has 9 nitrogen and oxygen atoms in total. The maximum Gasteiger partial charge on any atom is 0.284 e. The topological polar surface area (TPSA) is 115 Å². The van der Waals surface area contributed by atoms with Gasteiger partial charge in [-0.1, -0.05) is 12.2 Å². The Morgan fingerprint density at radius 3 is 2.39 bits per heavy atom. The highest BCUT2D eigenvalue weighted by molar-refractivity contribution is 6.06. The molecule has 1 saturated carbocycles. The van der Waals surface area contributed by atoms with Crippen molar-refractivity contribution in [1.82, 2.24) is 5.01 Å². The molecular formula is C22H19N3O6. The van der Waals surface area contributed by atoms with Gasteiger partial charge in [-0.2, -0.15) is 10.1 Å². The number of imide groups is 1. The van der Waals surface area contributed by atoms with Crippen molar-refractivity contribution in [2.75, 3.05) is 7.11 Å². The Bertz CT molecular complexity index is 1120. The summed E-state index contributed by atoms with van der Waals surface area (Å²) in [6.07, 6.45) is 7.23. The number of nitro benzene ring substituents is 1. The first kappa shape index (κ1) is 19.2. The number of furan rings is 1. The van der Waals surface area contributed by atoms with E-state index in [-0.39, 0.29) is 58.3 Å². The zero-order valence-corrected chi connectivity index (χ0v) is 16.6. The van der Waals surface area contributed by atoms with E-state index in [4.69, 9.17) is 9.15 Å². The number of carbonyl (C=O) groups excluding carboxylic acids is 2. The van der Waals surface area contributed by atoms with Crippen LogP contribution in [0.5, 0.6) is 5.75 Å². The Morgan fingerprint density at radius 2 is 1.81 bits per heavy atom. The first-order chi connectivity index (χ1) is 15.0. The highest BCUT2D eigenvalue weighted by atomic mass is 16.6. The lowest BCUT2D eigenvalue weighted by molar-refractivity contribution is -0.384. The van der Waals surface area contributed by atoms with E-state index in [9.17, 15) is 19.7 Å². The minimum Gasteiger partial charge on any atom is -0.497 e. The molecule has 1 aliphatic heterocycles. The van der Waals surface area contributed by atoms with Gasteiger partial charge in [0, 0.05) is 0 Å². The third kappa shape index (κ3) is 3.04. The summed E-state index contributed by atoms with van der Waals surface area (Å²) in [6, 6.07) is 7.61. The average Bonchev–Trinajstić information content (AvgIpc) is 3.36. The molecule has 2 amide bonds. The number of allylic oxidation sites excluding steroid dienone is 2. The molecule has 1 aromatic carbocycles. The van der Waals surface area contributed by atoms with Crippen molar-refractivity contribution in [3.05, 3.63) is 58.4 Å². The minimum atomic E-state index is -0.514. The molecule has 2 heterocycles. The maximum atomic E-state index is 12.8. The van der Waals surface area contributed by atoms with E-state index in [1.807, 2.05) is 12.2 Å². The number of benzene rings is 1. The van der Waals surface area contributed by atoms with Gasteiger partial charge in [-0.05, 0) is 48.9 Å². The van der Waals surface area contributed by atoms with Crippen LogP contribution in [0, 0.1) is 33.8 Å². The summed E-state index contributed by atoms with van der Waals surface area (Å²) in [7, 11) is 1.43. The van der Waals surface area contributed by atoms with Crippen molar-refractivity contribution in [2.24, 2.45) is 28.8 Å². The SMILES string of the molecule is COc1ccc(-c2ccc(/C=N\N3C(=O)[C@H]4[C@H](C3=O)[C@H]3C=C[C@H]4CC3)o2)c([N+](=O)[O-])c1. The molecule has 0 spiro atoms. The molecule has 2 aromatic rings. The van der Waals surface area contributed by atoms with Gasteiger partial charge in [-0.3, -0.25) is 19.7 Å². The second kappa shape index (κ2) is 7.19. The van der Waals surface area contributed by atoms with E-state index in [1.165, 1.54) is 25.5 Å². The third-order valence-corrected chi connectivity index (χ3v) is 6.33. The number of ether oxygens (including phenoxy) is 1. The number of nitro groups is 1. The first-order valence-electron chi connectivity index (χ1n) is 10.0. The summed E-state index contributed by atoms with van der Waals surface area (Å²) in [6.45, 7) is 0. The largest absolute Gasteiger partial charge is 0.497 e. The zero-order valence-electron chi connectivity index (χ0n) is 16.6. The van der Waals surface area contributed by atoms with Crippen molar-refractivity contribution in [3.8, 4) is 17.1 Å². The Labute approximate surface area is 177 Å². The lowest BCUT2D eigenvalue weighted by atomic mass is 9.63. The molecule has 2 fully saturated rings. The standard InChI is InChI=1S/C22H19N3O6/c1-30-14-6-8-16(17(10-14)25(28)29)18-9-7-15(31-18)11-23-24-21(26)19-12-2-3-13(5-4-12)20(19)22(24)27/h2-3,6-13,19-20H,4-5H2,1H3/b23-11-/t12-,13-,19+,20+/m0/s1. The lowest BCUT2D eigenvalue weighted by Gasteiger charge is -2.37. The quantitative estimate of drug-likeness (QED) is 0.240. The Kier molecular flexibility index (Phi) is 4.46. The van der Waals surface area contributed by atoms with Gasteiger partial charge in [0.25, 0.3) is 17.5 Å². The van der Waals surface area contributed by atoms with E-state index in [0.717, 1.165) is 17.9 Å². The van der Waals surface area contributed by atoms with E-state index >= 15 is 0 Å². The lowest BCUT2D eigenvalue weighted by Crippen LogP contribution is -2.38. The van der Waals surface area contributed by atoms with E-state index in [2.05, 4.69) is 5.10 Å². The summed E-state index contributed by atoms with van der Waals surface area (Å²) < 4.78 is 10.7. The second-order valence-electron chi connectivity index (χ2n) is 7.92. The van der Waals surface area contributed by atoms with Gasteiger partial charge in [0.15, 0.2) is 0 Å². The summed E-state index contributed by atoms with van der Waals surface area (Å²) in [5.41, 5.74) is 0.126. The molecule has 0 N–H and O–H groups in total. The normalized spacial score (nSPS) is 26.7. The highest BCUT2D eigenvalue weighted by Gasteiger charge is 2.56. The van der Waals surface area contributed by atoms with E-state index < -0.39 is 4.92 Å². The van der Waals surface area contributed by atoms with Crippen LogP contribution in [-0.4, -0.2) is 35.1 Å². The van der Waals surface area contributed by atoms with Crippen molar-refractivity contribution in [1.29, 1.82) is 0 Å². The van der Waals surface area contributed by atoms with Crippen LogP contribution in [0.3, 0.4) is 0 Å². The van der Waals surface area contributed by atoms with Crippen molar-refractivity contribution >= 4 is 23.7 Å². The third-order valence-electron chi connectivity index (χ3n) is 6.33. The van der Waals surface area contributed by atoms with Crippen LogP contribution in [0.4, 0.5) is 5.69 Å². The van der Waals surface area contributed by atoms with Gasteiger partial charge < -0.3 is 9.15 Å². The van der Waals surface area contributed by atoms with Crippen molar-refractivity contribution in [2.45, 2.75) is 12.8 Å². The number of hydrogen-bond acceptors (Lipinski definition) is 7.